The van der Waals surface area contributed by atoms with Gasteiger partial charge in [0.2, 0.25) is 6.79 Å². The van der Waals surface area contributed by atoms with Crippen LogP contribution in [0, 0.1) is 11.7 Å². The summed E-state index contributed by atoms with van der Waals surface area (Å²) >= 11 is 0. The fourth-order valence-electron chi connectivity index (χ4n) is 4.46. The van der Waals surface area contributed by atoms with Gasteiger partial charge in [-0.15, -0.1) is 0 Å². The van der Waals surface area contributed by atoms with E-state index < -0.39 is 52.9 Å². The number of rotatable bonds is 6. The van der Waals surface area contributed by atoms with Crippen LogP contribution in [0.5, 0.6) is 17.2 Å². The van der Waals surface area contributed by atoms with Crippen molar-refractivity contribution in [1.82, 2.24) is 10.6 Å². The van der Waals surface area contributed by atoms with E-state index in [1.807, 2.05) is 23.5 Å². The number of carbonyl (C=O) groups is 1. The van der Waals surface area contributed by atoms with Crippen LogP contribution in [0.2, 0.25) is 0 Å². The van der Waals surface area contributed by atoms with Crippen LogP contribution in [0.4, 0.5) is 30.7 Å². The van der Waals surface area contributed by atoms with Gasteiger partial charge in [-0.3, -0.25) is 4.79 Å². The van der Waals surface area contributed by atoms with Crippen LogP contribution in [-0.4, -0.2) is 32.4 Å². The first-order chi connectivity index (χ1) is 19.9. The number of hydrogen-bond donors (Lipinski definition) is 2. The fourth-order valence-corrected chi connectivity index (χ4v) is 4.46. The van der Waals surface area contributed by atoms with Crippen LogP contribution >= 0.6 is 0 Å². The summed E-state index contributed by atoms with van der Waals surface area (Å²) in [7, 11) is 0. The largest absolute Gasteiger partial charge is 0.493 e. The molecule has 6 nitrogen and oxygen atoms in total. The number of piperidine rings is 1. The lowest BCUT2D eigenvalue weighted by Gasteiger charge is -2.22. The Morgan fingerprint density at radius 2 is 1.62 bits per heavy atom. The van der Waals surface area contributed by atoms with Crippen molar-refractivity contribution in [1.29, 1.82) is 0 Å². The summed E-state index contributed by atoms with van der Waals surface area (Å²) in [5.41, 5.74) is -4.65. The predicted octanol–water partition coefficient (Wildman–Crippen LogP) is 6.59. The number of amides is 1. The van der Waals surface area contributed by atoms with Crippen molar-refractivity contribution in [2.45, 2.75) is 31.7 Å². The molecule has 226 valence electrons. The molecule has 1 fully saturated rings. The number of alkyl halides is 6. The summed E-state index contributed by atoms with van der Waals surface area (Å²) in [4.78, 5) is 11.8. The molecular formula is C29H27F7N2O4. The molecule has 2 N–H and O–H groups in total. The minimum absolute atomic E-state index is 0.311. The van der Waals surface area contributed by atoms with Crippen molar-refractivity contribution in [2.24, 2.45) is 5.92 Å². The summed E-state index contributed by atoms with van der Waals surface area (Å²) in [5, 5.41) is 5.29. The van der Waals surface area contributed by atoms with Crippen LogP contribution in [-0.2, 0) is 18.9 Å². The van der Waals surface area contributed by atoms with Gasteiger partial charge < -0.3 is 24.8 Å². The fraction of sp³-hybridized carbons (Fsp3) is 0.345. The minimum atomic E-state index is -5.04. The number of nitrogens with one attached hydrogen (secondary N) is 2. The highest BCUT2D eigenvalue weighted by molar-refractivity contribution is 5.94. The van der Waals surface area contributed by atoms with Crippen molar-refractivity contribution in [3.05, 3.63) is 88.7 Å². The molecule has 3 aromatic rings. The molecule has 0 aliphatic carbocycles. The molecule has 2 aliphatic rings. The zero-order valence-corrected chi connectivity index (χ0v) is 22.1. The maximum atomic E-state index is 13.5. The van der Waals surface area contributed by atoms with Gasteiger partial charge in [0.1, 0.15) is 11.6 Å². The highest BCUT2D eigenvalue weighted by Crippen LogP contribution is 2.39. The molecule has 13 heteroatoms. The van der Waals surface area contributed by atoms with Gasteiger partial charge in [-0.05, 0) is 61.3 Å². The van der Waals surface area contributed by atoms with Crippen LogP contribution < -0.4 is 24.8 Å². The normalized spacial score (nSPS) is 16.3. The van der Waals surface area contributed by atoms with E-state index in [9.17, 15) is 35.5 Å². The Hall–Kier alpha value is -4.00. The maximum absolute atomic E-state index is 13.5. The Labute approximate surface area is 236 Å². The van der Waals surface area contributed by atoms with Gasteiger partial charge in [-0.25, -0.2) is 4.39 Å². The van der Waals surface area contributed by atoms with E-state index in [-0.39, 0.29) is 0 Å². The smallest absolute Gasteiger partial charge is 0.416 e. The molecule has 1 atom stereocenters. The molecule has 2 heterocycles. The van der Waals surface area contributed by atoms with Gasteiger partial charge in [0.05, 0.1) is 23.3 Å². The lowest BCUT2D eigenvalue weighted by Crippen LogP contribution is -2.33. The van der Waals surface area contributed by atoms with E-state index >= 15 is 0 Å². The minimum Gasteiger partial charge on any atom is -0.493 e. The maximum Gasteiger partial charge on any atom is 0.416 e. The van der Waals surface area contributed by atoms with Crippen molar-refractivity contribution in [2.75, 3.05) is 26.5 Å². The van der Waals surface area contributed by atoms with Crippen molar-refractivity contribution < 1.29 is 49.7 Å². The highest BCUT2D eigenvalue weighted by atomic mass is 19.4. The van der Waals surface area contributed by atoms with Crippen molar-refractivity contribution >= 4 is 5.91 Å². The average Bonchev–Trinajstić information content (AvgIpc) is 3.43. The molecule has 0 saturated carbocycles. The summed E-state index contributed by atoms with van der Waals surface area (Å²) in [6, 6.07) is 11.9. The Morgan fingerprint density at radius 3 is 2.26 bits per heavy atom. The standard InChI is InChI=1S/C16H10F7NO.C13H17NO3/c17-13-7-2-1-4-9(13)14(25)24-8-10-11(15(18,19)20)5-3-6-12(10)16(21,22)23;1-2-10(7-14-5-1)8-15-11-3-4-12-13(6-11)17-9-16-12/h1-7H,8H2,(H,24,25);3-4,6,10,14H,1-2,5,7-9H2. The van der Waals surface area contributed by atoms with E-state index in [2.05, 4.69) is 5.32 Å². The number of carbonyl (C=O) groups excluding carboxylic acids is 1. The van der Waals surface area contributed by atoms with E-state index in [1.165, 1.54) is 25.0 Å². The van der Waals surface area contributed by atoms with Crippen LogP contribution in [0.3, 0.4) is 0 Å². The zero-order chi connectivity index (χ0) is 30.3. The third kappa shape index (κ3) is 8.05. The van der Waals surface area contributed by atoms with Crippen LogP contribution in [0.1, 0.15) is 39.9 Å². The van der Waals surface area contributed by atoms with Gasteiger partial charge in [0.25, 0.3) is 5.91 Å². The molecule has 2 aliphatic heterocycles. The third-order valence-electron chi connectivity index (χ3n) is 6.56. The number of hydrogen-bond acceptors (Lipinski definition) is 5. The first-order valence-electron chi connectivity index (χ1n) is 13.0. The first-order valence-corrected chi connectivity index (χ1v) is 13.0. The van der Waals surface area contributed by atoms with Gasteiger partial charge >= 0.3 is 12.4 Å². The molecular weight excluding hydrogens is 573 g/mol. The van der Waals surface area contributed by atoms with Gasteiger partial charge in [-0.1, -0.05) is 18.2 Å². The average molecular weight is 601 g/mol. The zero-order valence-electron chi connectivity index (χ0n) is 22.1. The number of halogens is 7. The topological polar surface area (TPSA) is 68.8 Å². The van der Waals surface area contributed by atoms with Gasteiger partial charge in [0.15, 0.2) is 11.5 Å². The summed E-state index contributed by atoms with van der Waals surface area (Å²) in [5.74, 6) is 0.998. The predicted molar refractivity (Wildman–Crippen MR) is 138 cm³/mol. The molecule has 42 heavy (non-hydrogen) atoms. The molecule has 1 amide bonds. The molecule has 3 aromatic carbocycles. The van der Waals surface area contributed by atoms with E-state index in [0.29, 0.717) is 30.9 Å². The highest BCUT2D eigenvalue weighted by Gasteiger charge is 2.40. The molecule has 5 rings (SSSR count). The summed E-state index contributed by atoms with van der Waals surface area (Å²) in [6.45, 7) is 2.22. The van der Waals surface area contributed by atoms with Crippen LogP contribution in [0.15, 0.2) is 60.7 Å². The Balaban J connectivity index is 0.000000206. The monoisotopic (exact) mass is 600 g/mol. The van der Waals surface area contributed by atoms with E-state index in [4.69, 9.17) is 14.2 Å². The second kappa shape index (κ2) is 13.3. The molecule has 0 bridgehead atoms. The second-order valence-electron chi connectivity index (χ2n) is 9.53. The second-order valence-corrected chi connectivity index (χ2v) is 9.53. The van der Waals surface area contributed by atoms with Crippen molar-refractivity contribution in [3.8, 4) is 17.2 Å². The number of fused-ring (bicyclic) bond motifs is 1. The first kappa shape index (κ1) is 30.9. The summed E-state index contributed by atoms with van der Waals surface area (Å²) < 4.78 is 108. The van der Waals surface area contributed by atoms with E-state index in [1.54, 1.807) is 0 Å². The van der Waals surface area contributed by atoms with Gasteiger partial charge in [0, 0.05) is 25.1 Å². The summed E-state index contributed by atoms with van der Waals surface area (Å²) in [6.07, 6.45) is -7.59. The van der Waals surface area contributed by atoms with Gasteiger partial charge in [-0.2, -0.15) is 26.3 Å². The van der Waals surface area contributed by atoms with Crippen molar-refractivity contribution in [3.63, 3.8) is 0 Å². The quantitative estimate of drug-likeness (QED) is 0.313. The lowest BCUT2D eigenvalue weighted by molar-refractivity contribution is -0.144. The molecule has 0 spiro atoms. The molecule has 0 radical (unpaired) electrons. The molecule has 0 aromatic heterocycles. The Kier molecular flexibility index (Phi) is 9.81. The molecule has 1 unspecified atom stereocenters. The number of ether oxygens (including phenoxy) is 3. The third-order valence-corrected chi connectivity index (χ3v) is 6.56. The SMILES string of the molecule is O=C(NCc1c(C(F)(F)F)cccc1C(F)(F)F)c1ccccc1F.c1cc2c(cc1OCC1CCCNC1)OCO2. The number of benzene rings is 3. The Bertz CT molecular complexity index is 1340. The lowest BCUT2D eigenvalue weighted by atomic mass is 9.99. The molecule has 1 saturated heterocycles. The Morgan fingerprint density at radius 1 is 0.929 bits per heavy atom. The van der Waals surface area contributed by atoms with Crippen LogP contribution in [0.25, 0.3) is 0 Å². The van der Waals surface area contributed by atoms with E-state index in [0.717, 1.165) is 49.1 Å².